The molecule has 0 unspecified atom stereocenters. The molecule has 0 radical (unpaired) electrons. The summed E-state index contributed by atoms with van der Waals surface area (Å²) in [5, 5.41) is 12.9. The average molecular weight is 258 g/mol. The Morgan fingerprint density at radius 3 is 2.22 bits per heavy atom. The largest absolute Gasteiger partial charge is 0.388 e. The first-order valence-electron chi connectivity index (χ1n) is 6.98. The summed E-state index contributed by atoms with van der Waals surface area (Å²) in [5.41, 5.74) is 4.89. The molecule has 0 aliphatic rings. The Morgan fingerprint density at radius 1 is 1.22 bits per heavy atom. The lowest BCUT2D eigenvalue weighted by Gasteiger charge is -2.26. The highest BCUT2D eigenvalue weighted by molar-refractivity contribution is 5.75. The van der Waals surface area contributed by atoms with Crippen LogP contribution in [0.5, 0.6) is 0 Å². The van der Waals surface area contributed by atoms with Gasteiger partial charge in [-0.25, -0.2) is 0 Å². The van der Waals surface area contributed by atoms with Gasteiger partial charge in [-0.1, -0.05) is 27.7 Å². The normalized spacial score (nSPS) is 12.6. The number of nitrogens with one attached hydrogen (secondary N) is 1. The Hall–Kier alpha value is -0.610. The van der Waals surface area contributed by atoms with Crippen molar-refractivity contribution in [1.29, 1.82) is 0 Å². The molecular formula is C14H30N2O2. The lowest BCUT2D eigenvalue weighted by Crippen LogP contribution is -2.42. The summed E-state index contributed by atoms with van der Waals surface area (Å²) in [6.45, 7) is 9.11. The molecule has 18 heavy (non-hydrogen) atoms. The van der Waals surface area contributed by atoms with Crippen LogP contribution in [0.1, 0.15) is 59.8 Å². The Balaban J connectivity index is 3.99. The second-order valence-electron chi connectivity index (χ2n) is 5.91. The Bertz CT molecular complexity index is 248. The SMILES string of the molecule is CCC(O)(CC)CNC(=O)CCC(C)(C)CCN. The van der Waals surface area contributed by atoms with Crippen molar-refractivity contribution in [2.45, 2.75) is 65.4 Å². The first kappa shape index (κ1) is 17.4. The van der Waals surface area contributed by atoms with E-state index in [1.807, 2.05) is 13.8 Å². The van der Waals surface area contributed by atoms with E-state index in [9.17, 15) is 9.90 Å². The predicted molar refractivity (Wildman–Crippen MR) is 75.2 cm³/mol. The van der Waals surface area contributed by atoms with Gasteiger partial charge >= 0.3 is 0 Å². The van der Waals surface area contributed by atoms with E-state index in [1.165, 1.54) is 0 Å². The van der Waals surface area contributed by atoms with Crippen LogP contribution < -0.4 is 11.1 Å². The van der Waals surface area contributed by atoms with E-state index in [2.05, 4.69) is 19.2 Å². The third-order valence-electron chi connectivity index (χ3n) is 3.78. The van der Waals surface area contributed by atoms with Crippen LogP contribution in [0.3, 0.4) is 0 Å². The first-order valence-corrected chi connectivity index (χ1v) is 6.98. The van der Waals surface area contributed by atoms with Crippen molar-refractivity contribution in [1.82, 2.24) is 5.32 Å². The summed E-state index contributed by atoms with van der Waals surface area (Å²) >= 11 is 0. The second kappa shape index (κ2) is 7.74. The van der Waals surface area contributed by atoms with Crippen LogP contribution in [-0.2, 0) is 4.79 Å². The molecule has 0 spiro atoms. The van der Waals surface area contributed by atoms with Crippen molar-refractivity contribution in [2.75, 3.05) is 13.1 Å². The average Bonchev–Trinajstić information content (AvgIpc) is 2.33. The van der Waals surface area contributed by atoms with Crippen LogP contribution >= 0.6 is 0 Å². The summed E-state index contributed by atoms with van der Waals surface area (Å²) in [7, 11) is 0. The lowest BCUT2D eigenvalue weighted by atomic mass is 9.84. The Labute approximate surface area is 111 Å². The number of rotatable bonds is 9. The fourth-order valence-electron chi connectivity index (χ4n) is 1.82. The summed E-state index contributed by atoms with van der Waals surface area (Å²) in [4.78, 5) is 11.7. The van der Waals surface area contributed by atoms with E-state index in [4.69, 9.17) is 5.73 Å². The quantitative estimate of drug-likeness (QED) is 0.590. The molecule has 0 rings (SSSR count). The van der Waals surface area contributed by atoms with Gasteiger partial charge in [0.15, 0.2) is 0 Å². The number of carbonyl (C=O) groups is 1. The topological polar surface area (TPSA) is 75.3 Å². The van der Waals surface area contributed by atoms with E-state index >= 15 is 0 Å². The third kappa shape index (κ3) is 6.97. The van der Waals surface area contributed by atoms with Gasteiger partial charge in [0.1, 0.15) is 0 Å². The first-order chi connectivity index (χ1) is 8.28. The molecule has 0 aromatic heterocycles. The van der Waals surface area contributed by atoms with Crippen molar-refractivity contribution >= 4 is 5.91 Å². The van der Waals surface area contributed by atoms with Crippen molar-refractivity contribution in [3.63, 3.8) is 0 Å². The summed E-state index contributed by atoms with van der Waals surface area (Å²) in [5.74, 6) is 0.0143. The molecule has 1 amide bonds. The molecule has 108 valence electrons. The van der Waals surface area contributed by atoms with Crippen LogP contribution in [0.25, 0.3) is 0 Å². The van der Waals surface area contributed by atoms with Gasteiger partial charge in [-0.05, 0) is 37.6 Å². The number of aliphatic hydroxyl groups is 1. The molecule has 0 aromatic carbocycles. The maximum absolute atomic E-state index is 11.7. The molecule has 0 saturated heterocycles. The minimum atomic E-state index is -0.761. The van der Waals surface area contributed by atoms with Crippen LogP contribution in [-0.4, -0.2) is 29.7 Å². The molecule has 4 heteroatoms. The fraction of sp³-hybridized carbons (Fsp3) is 0.929. The summed E-state index contributed by atoms with van der Waals surface area (Å²) < 4.78 is 0. The van der Waals surface area contributed by atoms with Crippen LogP contribution in [0, 0.1) is 5.41 Å². The van der Waals surface area contributed by atoms with Crippen LogP contribution in [0.2, 0.25) is 0 Å². The molecule has 0 aromatic rings. The number of hydrogen-bond acceptors (Lipinski definition) is 3. The maximum Gasteiger partial charge on any atom is 0.220 e. The van der Waals surface area contributed by atoms with E-state index in [-0.39, 0.29) is 11.3 Å². The number of hydrogen-bond donors (Lipinski definition) is 3. The van der Waals surface area contributed by atoms with E-state index in [1.54, 1.807) is 0 Å². The van der Waals surface area contributed by atoms with Gasteiger partial charge in [-0.15, -0.1) is 0 Å². The smallest absolute Gasteiger partial charge is 0.220 e. The molecule has 4 nitrogen and oxygen atoms in total. The monoisotopic (exact) mass is 258 g/mol. The zero-order valence-corrected chi connectivity index (χ0v) is 12.4. The molecule has 0 atom stereocenters. The highest BCUT2D eigenvalue weighted by Crippen LogP contribution is 2.25. The fourth-order valence-corrected chi connectivity index (χ4v) is 1.82. The van der Waals surface area contributed by atoms with Gasteiger partial charge in [0.2, 0.25) is 5.91 Å². The lowest BCUT2D eigenvalue weighted by molar-refractivity contribution is -0.123. The van der Waals surface area contributed by atoms with Crippen molar-refractivity contribution in [3.8, 4) is 0 Å². The number of amides is 1. The van der Waals surface area contributed by atoms with Gasteiger partial charge < -0.3 is 16.2 Å². The molecule has 0 heterocycles. The second-order valence-corrected chi connectivity index (χ2v) is 5.91. The predicted octanol–water partition coefficient (Wildman–Crippen LogP) is 1.81. The molecule has 0 aliphatic heterocycles. The highest BCUT2D eigenvalue weighted by atomic mass is 16.3. The number of nitrogens with two attached hydrogens (primary N) is 1. The van der Waals surface area contributed by atoms with Gasteiger partial charge in [-0.2, -0.15) is 0 Å². The van der Waals surface area contributed by atoms with Gasteiger partial charge in [0.05, 0.1) is 5.60 Å². The van der Waals surface area contributed by atoms with Crippen molar-refractivity contribution in [3.05, 3.63) is 0 Å². The summed E-state index contributed by atoms with van der Waals surface area (Å²) in [6, 6.07) is 0. The zero-order chi connectivity index (χ0) is 14.2. The number of carbonyl (C=O) groups excluding carboxylic acids is 1. The van der Waals surface area contributed by atoms with E-state index < -0.39 is 5.60 Å². The minimum absolute atomic E-state index is 0.0143. The Morgan fingerprint density at radius 2 is 1.78 bits per heavy atom. The van der Waals surface area contributed by atoms with E-state index in [0.717, 1.165) is 12.8 Å². The van der Waals surface area contributed by atoms with Crippen molar-refractivity contribution < 1.29 is 9.90 Å². The standard InChI is InChI=1S/C14H30N2O2/c1-5-14(18,6-2)11-16-12(17)7-8-13(3,4)9-10-15/h18H,5-11,15H2,1-4H3,(H,16,17). The van der Waals surface area contributed by atoms with Crippen molar-refractivity contribution in [2.24, 2.45) is 11.1 Å². The molecule has 0 aliphatic carbocycles. The van der Waals surface area contributed by atoms with E-state index in [0.29, 0.717) is 32.4 Å². The summed E-state index contributed by atoms with van der Waals surface area (Å²) in [6.07, 6.45) is 3.56. The maximum atomic E-state index is 11.7. The van der Waals surface area contributed by atoms with Gasteiger partial charge in [0, 0.05) is 13.0 Å². The molecule has 0 fully saturated rings. The zero-order valence-electron chi connectivity index (χ0n) is 12.4. The molecule has 0 saturated carbocycles. The highest BCUT2D eigenvalue weighted by Gasteiger charge is 2.23. The van der Waals surface area contributed by atoms with Crippen LogP contribution in [0.15, 0.2) is 0 Å². The molecular weight excluding hydrogens is 228 g/mol. The van der Waals surface area contributed by atoms with Gasteiger partial charge in [0.25, 0.3) is 0 Å². The minimum Gasteiger partial charge on any atom is -0.388 e. The van der Waals surface area contributed by atoms with Crippen LogP contribution in [0.4, 0.5) is 0 Å². The third-order valence-corrected chi connectivity index (χ3v) is 3.78. The Kier molecular flexibility index (Phi) is 7.48. The molecule has 0 bridgehead atoms. The van der Waals surface area contributed by atoms with Gasteiger partial charge in [-0.3, -0.25) is 4.79 Å². The molecule has 4 N–H and O–H groups in total.